The molecule has 1 aromatic carbocycles. The lowest BCUT2D eigenvalue weighted by atomic mass is 10.0. The molecule has 0 saturated carbocycles. The second-order valence-electron chi connectivity index (χ2n) is 6.16. The molecule has 2 amide bonds. The summed E-state index contributed by atoms with van der Waals surface area (Å²) >= 11 is 1.54. The molecule has 1 aromatic rings. The molecule has 0 spiro atoms. The molecular weight excluding hydrogens is 314 g/mol. The number of nitrogens with zero attached hydrogens (tertiary/aromatic N) is 2. The number of rotatable bonds is 4. The lowest BCUT2D eigenvalue weighted by Crippen LogP contribution is -2.69. The number of fused-ring (bicyclic) bond motifs is 1. The SMILES string of the molecule is CC1(C)S[C@@H]2C(NC(=O)Cc3ccccc3)C(=O)N2C1N=C=O. The van der Waals surface area contributed by atoms with E-state index < -0.39 is 12.2 Å². The van der Waals surface area contributed by atoms with E-state index in [0.717, 1.165) is 5.56 Å². The zero-order chi connectivity index (χ0) is 16.6. The monoisotopic (exact) mass is 331 g/mol. The first-order chi connectivity index (χ1) is 10.9. The van der Waals surface area contributed by atoms with Crippen molar-refractivity contribution < 1.29 is 14.4 Å². The van der Waals surface area contributed by atoms with Crippen molar-refractivity contribution in [1.82, 2.24) is 10.2 Å². The number of amides is 2. The Balaban J connectivity index is 1.66. The molecule has 2 fully saturated rings. The van der Waals surface area contributed by atoms with E-state index >= 15 is 0 Å². The topological polar surface area (TPSA) is 78.8 Å². The summed E-state index contributed by atoms with van der Waals surface area (Å²) in [5.74, 6) is -0.381. The molecule has 7 heteroatoms. The largest absolute Gasteiger partial charge is 0.341 e. The van der Waals surface area contributed by atoms with Crippen molar-refractivity contribution in [1.29, 1.82) is 0 Å². The van der Waals surface area contributed by atoms with Gasteiger partial charge in [0.15, 0.2) is 6.17 Å². The Labute approximate surface area is 138 Å². The van der Waals surface area contributed by atoms with Gasteiger partial charge >= 0.3 is 0 Å². The van der Waals surface area contributed by atoms with Crippen LogP contribution in [-0.2, 0) is 20.8 Å². The minimum absolute atomic E-state index is 0.181. The second-order valence-corrected chi connectivity index (χ2v) is 7.93. The zero-order valence-corrected chi connectivity index (χ0v) is 13.7. The van der Waals surface area contributed by atoms with E-state index in [4.69, 9.17) is 0 Å². The molecule has 0 aliphatic carbocycles. The number of benzene rings is 1. The van der Waals surface area contributed by atoms with Crippen LogP contribution in [0.15, 0.2) is 35.3 Å². The lowest BCUT2D eigenvalue weighted by molar-refractivity contribution is -0.150. The minimum atomic E-state index is -0.553. The predicted octanol–water partition coefficient (Wildman–Crippen LogP) is 1.07. The molecule has 3 rings (SSSR count). The highest BCUT2D eigenvalue weighted by atomic mass is 32.2. The molecular formula is C16H17N3O3S. The van der Waals surface area contributed by atoms with Crippen LogP contribution in [0.4, 0.5) is 0 Å². The van der Waals surface area contributed by atoms with E-state index in [1.807, 2.05) is 44.2 Å². The molecule has 23 heavy (non-hydrogen) atoms. The number of aliphatic imine (C=N–C) groups is 1. The van der Waals surface area contributed by atoms with Crippen LogP contribution in [0.1, 0.15) is 19.4 Å². The number of thioether (sulfide) groups is 1. The van der Waals surface area contributed by atoms with Crippen molar-refractivity contribution in [2.24, 2.45) is 4.99 Å². The number of β-lactam (4-membered cyclic amide) rings is 1. The van der Waals surface area contributed by atoms with Gasteiger partial charge in [-0.15, -0.1) is 11.8 Å². The Morgan fingerprint density at radius 3 is 2.74 bits per heavy atom. The standard InChI is InChI=1S/C16H17N3O3S/c1-16(2)15(17-9-20)19-13(22)12(14(19)23-16)18-11(21)8-10-6-4-3-5-7-10/h3-7,12,14-15H,8H2,1-2H3,(H,18,21)/t12?,14-,15?/m1/s1. The number of carbonyl (C=O) groups excluding carboxylic acids is 3. The normalized spacial score (nSPS) is 27.7. The van der Waals surface area contributed by atoms with Crippen LogP contribution >= 0.6 is 11.8 Å². The fourth-order valence-electron chi connectivity index (χ4n) is 2.98. The first-order valence-corrected chi connectivity index (χ1v) is 8.22. The Morgan fingerprint density at radius 1 is 1.39 bits per heavy atom. The van der Waals surface area contributed by atoms with Gasteiger partial charge in [-0.05, 0) is 19.4 Å². The van der Waals surface area contributed by atoms with Crippen LogP contribution in [0.2, 0.25) is 0 Å². The summed E-state index contributed by atoms with van der Waals surface area (Å²) in [6.07, 6.45) is 1.25. The third kappa shape index (κ3) is 2.78. The van der Waals surface area contributed by atoms with Gasteiger partial charge in [0.05, 0.1) is 11.2 Å². The molecule has 2 saturated heterocycles. The highest BCUT2D eigenvalue weighted by Crippen LogP contribution is 2.50. The average molecular weight is 331 g/mol. The molecule has 2 unspecified atom stereocenters. The number of hydrogen-bond acceptors (Lipinski definition) is 5. The fraction of sp³-hybridized carbons (Fsp3) is 0.438. The van der Waals surface area contributed by atoms with Gasteiger partial charge in [0.1, 0.15) is 11.4 Å². The third-order valence-corrected chi connectivity index (χ3v) is 5.65. The van der Waals surface area contributed by atoms with Crippen LogP contribution in [0.5, 0.6) is 0 Å². The van der Waals surface area contributed by atoms with Crippen LogP contribution < -0.4 is 5.32 Å². The van der Waals surface area contributed by atoms with Crippen molar-refractivity contribution in [3.8, 4) is 0 Å². The summed E-state index contributed by atoms with van der Waals surface area (Å²) < 4.78 is -0.378. The average Bonchev–Trinajstić information content (AvgIpc) is 2.75. The summed E-state index contributed by atoms with van der Waals surface area (Å²) in [7, 11) is 0. The van der Waals surface area contributed by atoms with Crippen molar-refractivity contribution in [2.45, 2.75) is 42.6 Å². The smallest absolute Gasteiger partial charge is 0.250 e. The van der Waals surface area contributed by atoms with Crippen molar-refractivity contribution >= 4 is 29.7 Å². The van der Waals surface area contributed by atoms with Gasteiger partial charge in [0.25, 0.3) is 5.91 Å². The predicted molar refractivity (Wildman–Crippen MR) is 86.3 cm³/mol. The van der Waals surface area contributed by atoms with Gasteiger partial charge < -0.3 is 10.2 Å². The first kappa shape index (κ1) is 15.8. The molecule has 1 N–H and O–H groups in total. The van der Waals surface area contributed by atoms with E-state index in [-0.39, 0.29) is 28.4 Å². The van der Waals surface area contributed by atoms with Crippen LogP contribution in [0.3, 0.4) is 0 Å². The molecule has 2 aliphatic heterocycles. The minimum Gasteiger partial charge on any atom is -0.341 e. The van der Waals surface area contributed by atoms with Gasteiger partial charge in [0.2, 0.25) is 12.0 Å². The van der Waals surface area contributed by atoms with Crippen LogP contribution in [-0.4, -0.2) is 45.1 Å². The van der Waals surface area contributed by atoms with Gasteiger partial charge in [-0.2, -0.15) is 4.99 Å². The second kappa shape index (κ2) is 5.83. The lowest BCUT2D eigenvalue weighted by Gasteiger charge is -2.43. The van der Waals surface area contributed by atoms with E-state index in [1.54, 1.807) is 16.7 Å². The van der Waals surface area contributed by atoms with E-state index in [9.17, 15) is 14.4 Å². The van der Waals surface area contributed by atoms with E-state index in [2.05, 4.69) is 10.3 Å². The molecule has 6 nitrogen and oxygen atoms in total. The molecule has 0 bridgehead atoms. The summed E-state index contributed by atoms with van der Waals surface area (Å²) in [5.41, 5.74) is 0.900. The van der Waals surface area contributed by atoms with Gasteiger partial charge in [-0.25, -0.2) is 4.79 Å². The van der Waals surface area contributed by atoms with E-state index in [0.29, 0.717) is 0 Å². The molecule has 0 radical (unpaired) electrons. The molecule has 2 aliphatic rings. The maximum absolute atomic E-state index is 12.3. The third-order valence-electron chi connectivity index (χ3n) is 4.09. The zero-order valence-electron chi connectivity index (χ0n) is 12.9. The summed E-state index contributed by atoms with van der Waals surface area (Å²) in [6.45, 7) is 3.86. The highest BCUT2D eigenvalue weighted by molar-refractivity contribution is 8.01. The molecule has 120 valence electrons. The van der Waals surface area contributed by atoms with Crippen molar-refractivity contribution in [3.05, 3.63) is 35.9 Å². The highest BCUT2D eigenvalue weighted by Gasteiger charge is 2.62. The number of nitrogens with one attached hydrogen (secondary N) is 1. The maximum atomic E-state index is 12.3. The molecule has 2 heterocycles. The van der Waals surface area contributed by atoms with Crippen molar-refractivity contribution in [2.75, 3.05) is 0 Å². The fourth-order valence-corrected chi connectivity index (χ4v) is 4.55. The summed E-state index contributed by atoms with van der Waals surface area (Å²) in [4.78, 5) is 40.4. The molecule has 3 atom stereocenters. The maximum Gasteiger partial charge on any atom is 0.250 e. The number of isocyanates is 1. The summed E-state index contributed by atoms with van der Waals surface area (Å²) in [5, 5.41) is 2.61. The van der Waals surface area contributed by atoms with Crippen molar-refractivity contribution in [3.63, 3.8) is 0 Å². The molecule has 0 aromatic heterocycles. The Hall–Kier alpha value is -2.11. The first-order valence-electron chi connectivity index (χ1n) is 7.34. The summed E-state index contributed by atoms with van der Waals surface area (Å²) in [6, 6.07) is 8.82. The Bertz CT molecular complexity index is 685. The Morgan fingerprint density at radius 2 is 2.09 bits per heavy atom. The van der Waals surface area contributed by atoms with Gasteiger partial charge in [-0.3, -0.25) is 9.59 Å². The number of hydrogen-bond donors (Lipinski definition) is 1. The van der Waals surface area contributed by atoms with Gasteiger partial charge in [0, 0.05) is 0 Å². The quantitative estimate of drug-likeness (QED) is 0.508. The number of carbonyl (C=O) groups is 2. The Kier molecular flexibility index (Phi) is 4.00. The van der Waals surface area contributed by atoms with Crippen LogP contribution in [0, 0.1) is 0 Å². The van der Waals surface area contributed by atoms with E-state index in [1.165, 1.54) is 6.08 Å². The van der Waals surface area contributed by atoms with Crippen LogP contribution in [0.25, 0.3) is 0 Å². The van der Waals surface area contributed by atoms with Gasteiger partial charge in [-0.1, -0.05) is 30.3 Å².